The monoisotopic (exact) mass is 361 g/mol. The zero-order valence-electron chi connectivity index (χ0n) is 17.2. The summed E-state index contributed by atoms with van der Waals surface area (Å²) in [6.45, 7) is 10.9. The van der Waals surface area contributed by atoms with Crippen molar-refractivity contribution >= 4 is 0 Å². The second kappa shape index (κ2) is 9.03. The molecule has 3 aromatic rings. The van der Waals surface area contributed by atoms with E-state index in [1.54, 1.807) is 0 Å². The van der Waals surface area contributed by atoms with Crippen molar-refractivity contribution in [2.24, 2.45) is 11.8 Å². The molecule has 0 atom stereocenters. The molecular weight excluding hydrogens is 328 g/mol. The maximum atomic E-state index is 2.27. The van der Waals surface area contributed by atoms with Crippen molar-refractivity contribution in [2.45, 2.75) is 53.6 Å². The van der Waals surface area contributed by atoms with Gasteiger partial charge < -0.3 is 0 Å². The molecule has 0 unspecified atom stereocenters. The van der Waals surface area contributed by atoms with Crippen LogP contribution in [0.15, 0.2) is 67.3 Å². The molecule has 0 saturated carbocycles. The first-order valence-corrected chi connectivity index (χ1v) is 10.2. The van der Waals surface area contributed by atoms with Crippen molar-refractivity contribution in [2.75, 3.05) is 0 Å². The average molecular weight is 362 g/mol. The SMILES string of the molecule is CC(C)Cc1ccc(Cn2cc[n+](Cc3ccc(CC(C)C)cc3)c2)cc1. The van der Waals surface area contributed by atoms with Crippen LogP contribution in [0, 0.1) is 11.8 Å². The Morgan fingerprint density at radius 1 is 0.704 bits per heavy atom. The van der Waals surface area contributed by atoms with Gasteiger partial charge in [-0.25, -0.2) is 9.13 Å². The van der Waals surface area contributed by atoms with Crippen LogP contribution in [0.3, 0.4) is 0 Å². The Kier molecular flexibility index (Phi) is 6.49. The van der Waals surface area contributed by atoms with E-state index in [1.165, 1.54) is 22.3 Å². The number of imidazole rings is 1. The van der Waals surface area contributed by atoms with Gasteiger partial charge in [0, 0.05) is 0 Å². The summed E-state index contributed by atoms with van der Waals surface area (Å²) in [6, 6.07) is 18.1. The third kappa shape index (κ3) is 6.09. The van der Waals surface area contributed by atoms with Crippen molar-refractivity contribution in [1.29, 1.82) is 0 Å². The highest BCUT2D eigenvalue weighted by Gasteiger charge is 2.07. The minimum Gasteiger partial charge on any atom is -0.233 e. The molecule has 0 spiro atoms. The predicted octanol–water partition coefficient (Wildman–Crippen LogP) is 5.27. The molecule has 0 aliphatic carbocycles. The molecule has 0 fully saturated rings. The van der Waals surface area contributed by atoms with Crippen LogP contribution in [0.4, 0.5) is 0 Å². The Labute approximate surface area is 164 Å². The van der Waals surface area contributed by atoms with E-state index in [2.05, 4.69) is 104 Å². The van der Waals surface area contributed by atoms with Gasteiger partial charge in [-0.2, -0.15) is 0 Å². The highest BCUT2D eigenvalue weighted by Crippen LogP contribution is 2.11. The maximum absolute atomic E-state index is 2.27. The molecule has 0 saturated heterocycles. The Balaban J connectivity index is 1.58. The van der Waals surface area contributed by atoms with E-state index in [0.29, 0.717) is 11.8 Å². The molecule has 2 aromatic carbocycles. The van der Waals surface area contributed by atoms with Crippen LogP contribution in [0.5, 0.6) is 0 Å². The van der Waals surface area contributed by atoms with Crippen molar-refractivity contribution in [1.82, 2.24) is 4.57 Å². The number of aromatic nitrogens is 2. The first-order chi connectivity index (χ1) is 13.0. The minimum absolute atomic E-state index is 0.707. The highest BCUT2D eigenvalue weighted by molar-refractivity contribution is 5.23. The molecule has 2 heteroatoms. The number of benzene rings is 2. The van der Waals surface area contributed by atoms with Crippen molar-refractivity contribution in [3.8, 4) is 0 Å². The molecule has 0 aliphatic heterocycles. The van der Waals surface area contributed by atoms with Gasteiger partial charge in [0.15, 0.2) is 0 Å². The summed E-state index contributed by atoms with van der Waals surface area (Å²) in [5.74, 6) is 1.41. The van der Waals surface area contributed by atoms with Crippen LogP contribution in [-0.2, 0) is 25.9 Å². The lowest BCUT2D eigenvalue weighted by atomic mass is 10.0. The van der Waals surface area contributed by atoms with Gasteiger partial charge in [-0.3, -0.25) is 0 Å². The lowest BCUT2D eigenvalue weighted by Crippen LogP contribution is -2.31. The standard InChI is InChI=1S/C25H33N2/c1-20(2)15-22-5-9-24(10-6-22)17-26-13-14-27(19-26)18-25-11-7-23(8-12-25)16-21(3)4/h5-14,19-21H,15-18H2,1-4H3/q+1. The zero-order chi connectivity index (χ0) is 19.2. The topological polar surface area (TPSA) is 8.81 Å². The van der Waals surface area contributed by atoms with Crippen molar-refractivity contribution < 1.29 is 4.57 Å². The van der Waals surface area contributed by atoms with Gasteiger partial charge in [-0.05, 0) is 46.9 Å². The lowest BCUT2D eigenvalue weighted by molar-refractivity contribution is -0.687. The smallest absolute Gasteiger partial charge is 0.233 e. The van der Waals surface area contributed by atoms with E-state index in [4.69, 9.17) is 0 Å². The summed E-state index contributed by atoms with van der Waals surface area (Å²) in [6.07, 6.45) is 8.83. The summed E-state index contributed by atoms with van der Waals surface area (Å²) in [5, 5.41) is 0. The molecule has 2 nitrogen and oxygen atoms in total. The number of hydrogen-bond acceptors (Lipinski definition) is 0. The molecule has 0 aliphatic rings. The molecule has 0 radical (unpaired) electrons. The third-order valence-electron chi connectivity index (χ3n) is 4.81. The Morgan fingerprint density at radius 3 is 1.70 bits per heavy atom. The lowest BCUT2D eigenvalue weighted by Gasteiger charge is -2.06. The molecule has 1 heterocycles. The van der Waals surface area contributed by atoms with E-state index >= 15 is 0 Å². The van der Waals surface area contributed by atoms with Gasteiger partial charge in [0.2, 0.25) is 6.33 Å². The summed E-state index contributed by atoms with van der Waals surface area (Å²) in [5.41, 5.74) is 5.56. The van der Waals surface area contributed by atoms with Gasteiger partial charge in [-0.15, -0.1) is 0 Å². The van der Waals surface area contributed by atoms with E-state index in [9.17, 15) is 0 Å². The van der Waals surface area contributed by atoms with Crippen LogP contribution >= 0.6 is 0 Å². The normalized spacial score (nSPS) is 11.5. The van der Waals surface area contributed by atoms with E-state index in [-0.39, 0.29) is 0 Å². The van der Waals surface area contributed by atoms with Crippen LogP contribution in [0.25, 0.3) is 0 Å². The molecule has 1 aromatic heterocycles. The number of hydrogen-bond donors (Lipinski definition) is 0. The number of rotatable bonds is 8. The van der Waals surface area contributed by atoms with Crippen LogP contribution in [-0.4, -0.2) is 4.57 Å². The first-order valence-electron chi connectivity index (χ1n) is 10.2. The summed E-state index contributed by atoms with van der Waals surface area (Å²) in [7, 11) is 0. The van der Waals surface area contributed by atoms with Crippen LogP contribution < -0.4 is 4.57 Å². The fourth-order valence-electron chi connectivity index (χ4n) is 3.55. The largest absolute Gasteiger partial charge is 0.244 e. The van der Waals surface area contributed by atoms with Gasteiger partial charge in [0.25, 0.3) is 0 Å². The van der Waals surface area contributed by atoms with Gasteiger partial charge in [0.1, 0.15) is 25.5 Å². The van der Waals surface area contributed by atoms with Crippen LogP contribution in [0.2, 0.25) is 0 Å². The second-order valence-corrected chi connectivity index (χ2v) is 8.59. The fraction of sp³-hybridized carbons (Fsp3) is 0.400. The molecule has 3 rings (SSSR count). The minimum atomic E-state index is 0.707. The van der Waals surface area contributed by atoms with Gasteiger partial charge >= 0.3 is 0 Å². The predicted molar refractivity (Wildman–Crippen MR) is 113 cm³/mol. The highest BCUT2D eigenvalue weighted by atomic mass is 15.1. The van der Waals surface area contributed by atoms with Gasteiger partial charge in [-0.1, -0.05) is 76.2 Å². The number of nitrogens with zero attached hydrogens (tertiary/aromatic N) is 2. The first kappa shape index (κ1) is 19.4. The van der Waals surface area contributed by atoms with E-state index in [0.717, 1.165) is 25.9 Å². The average Bonchev–Trinajstić information content (AvgIpc) is 3.04. The second-order valence-electron chi connectivity index (χ2n) is 8.59. The molecule has 0 N–H and O–H groups in total. The summed E-state index contributed by atoms with van der Waals surface area (Å²) in [4.78, 5) is 0. The van der Waals surface area contributed by atoms with Crippen molar-refractivity contribution in [3.63, 3.8) is 0 Å². The molecule has 142 valence electrons. The molecule has 0 amide bonds. The van der Waals surface area contributed by atoms with Crippen LogP contribution in [0.1, 0.15) is 49.9 Å². The zero-order valence-corrected chi connectivity index (χ0v) is 17.2. The quantitative estimate of drug-likeness (QED) is 0.483. The van der Waals surface area contributed by atoms with Crippen molar-refractivity contribution in [3.05, 3.63) is 89.5 Å². The van der Waals surface area contributed by atoms with E-state index in [1.807, 2.05) is 0 Å². The molecular formula is C25H33N2+. The Morgan fingerprint density at radius 2 is 1.19 bits per heavy atom. The summed E-state index contributed by atoms with van der Waals surface area (Å²) < 4.78 is 4.51. The maximum Gasteiger partial charge on any atom is 0.244 e. The molecule has 0 bridgehead atoms. The fourth-order valence-corrected chi connectivity index (χ4v) is 3.55. The van der Waals surface area contributed by atoms with E-state index < -0.39 is 0 Å². The Hall–Kier alpha value is -2.35. The Bertz CT molecular complexity index is 754. The van der Waals surface area contributed by atoms with Gasteiger partial charge in [0.05, 0.1) is 0 Å². The summed E-state index contributed by atoms with van der Waals surface area (Å²) >= 11 is 0. The molecule has 27 heavy (non-hydrogen) atoms. The third-order valence-corrected chi connectivity index (χ3v) is 4.81.